The number of piperazine rings is 1. The SMILES string of the molecule is O=C(CN1CCN(CC(=O)Nc2cccc(F)c2)CC1)NCc1ccccc1Cl. The van der Waals surface area contributed by atoms with Crippen LogP contribution in [0.4, 0.5) is 10.1 Å². The van der Waals surface area contributed by atoms with E-state index >= 15 is 0 Å². The third kappa shape index (κ3) is 6.81. The highest BCUT2D eigenvalue weighted by Gasteiger charge is 2.20. The summed E-state index contributed by atoms with van der Waals surface area (Å²) in [4.78, 5) is 28.4. The van der Waals surface area contributed by atoms with Gasteiger partial charge in [0, 0.05) is 43.4 Å². The van der Waals surface area contributed by atoms with Gasteiger partial charge in [0.05, 0.1) is 13.1 Å². The number of rotatable bonds is 7. The van der Waals surface area contributed by atoms with E-state index in [0.717, 1.165) is 5.56 Å². The van der Waals surface area contributed by atoms with E-state index in [1.165, 1.54) is 12.1 Å². The predicted molar refractivity (Wildman–Crippen MR) is 111 cm³/mol. The summed E-state index contributed by atoms with van der Waals surface area (Å²) in [7, 11) is 0. The molecule has 1 saturated heterocycles. The van der Waals surface area contributed by atoms with Gasteiger partial charge in [-0.2, -0.15) is 0 Å². The van der Waals surface area contributed by atoms with Crippen LogP contribution in [0.5, 0.6) is 0 Å². The van der Waals surface area contributed by atoms with Crippen molar-refractivity contribution in [3.05, 3.63) is 64.9 Å². The molecule has 0 saturated carbocycles. The van der Waals surface area contributed by atoms with E-state index in [1.807, 2.05) is 23.1 Å². The summed E-state index contributed by atoms with van der Waals surface area (Å²) < 4.78 is 13.2. The average molecular weight is 419 g/mol. The lowest BCUT2D eigenvalue weighted by molar-refractivity contribution is -0.123. The average Bonchev–Trinajstić information content (AvgIpc) is 2.69. The molecular formula is C21H24ClFN4O2. The maximum atomic E-state index is 13.2. The highest BCUT2D eigenvalue weighted by atomic mass is 35.5. The minimum absolute atomic E-state index is 0.0535. The Bertz CT molecular complexity index is 856. The number of amides is 2. The Morgan fingerprint density at radius 1 is 0.931 bits per heavy atom. The second kappa shape index (κ2) is 10.3. The molecule has 3 rings (SSSR count). The number of carbonyl (C=O) groups excluding carboxylic acids is 2. The van der Waals surface area contributed by atoms with Crippen LogP contribution in [0, 0.1) is 5.82 Å². The van der Waals surface area contributed by atoms with Crippen LogP contribution >= 0.6 is 11.6 Å². The third-order valence-corrected chi connectivity index (χ3v) is 5.11. The molecule has 29 heavy (non-hydrogen) atoms. The Morgan fingerprint density at radius 2 is 1.59 bits per heavy atom. The van der Waals surface area contributed by atoms with Crippen molar-refractivity contribution in [1.29, 1.82) is 0 Å². The molecule has 1 heterocycles. The molecular weight excluding hydrogens is 395 g/mol. The highest BCUT2D eigenvalue weighted by molar-refractivity contribution is 6.31. The molecule has 2 amide bonds. The molecule has 0 radical (unpaired) electrons. The van der Waals surface area contributed by atoms with Gasteiger partial charge in [-0.3, -0.25) is 19.4 Å². The van der Waals surface area contributed by atoms with E-state index in [1.54, 1.807) is 18.2 Å². The minimum atomic E-state index is -0.385. The molecule has 0 atom stereocenters. The Balaban J connectivity index is 1.36. The van der Waals surface area contributed by atoms with Gasteiger partial charge in [0.15, 0.2) is 0 Å². The molecule has 8 heteroatoms. The topological polar surface area (TPSA) is 64.7 Å². The number of carbonyl (C=O) groups is 2. The van der Waals surface area contributed by atoms with Crippen molar-refractivity contribution in [2.24, 2.45) is 0 Å². The van der Waals surface area contributed by atoms with Crippen LogP contribution in [0.25, 0.3) is 0 Å². The molecule has 6 nitrogen and oxygen atoms in total. The number of hydrogen-bond acceptors (Lipinski definition) is 4. The van der Waals surface area contributed by atoms with Crippen LogP contribution in [0.15, 0.2) is 48.5 Å². The van der Waals surface area contributed by atoms with Crippen molar-refractivity contribution in [1.82, 2.24) is 15.1 Å². The van der Waals surface area contributed by atoms with Gasteiger partial charge >= 0.3 is 0 Å². The van der Waals surface area contributed by atoms with Crippen molar-refractivity contribution >= 4 is 29.1 Å². The predicted octanol–water partition coefficient (Wildman–Crippen LogP) is 2.35. The molecule has 154 valence electrons. The van der Waals surface area contributed by atoms with E-state index in [0.29, 0.717) is 50.0 Å². The summed E-state index contributed by atoms with van der Waals surface area (Å²) in [5, 5.41) is 6.23. The summed E-state index contributed by atoms with van der Waals surface area (Å²) in [5.41, 5.74) is 1.33. The van der Waals surface area contributed by atoms with Crippen molar-refractivity contribution in [2.45, 2.75) is 6.54 Å². The molecule has 0 aromatic heterocycles. The molecule has 0 bridgehead atoms. The summed E-state index contributed by atoms with van der Waals surface area (Å²) in [5.74, 6) is -0.618. The fraction of sp³-hybridized carbons (Fsp3) is 0.333. The first-order chi connectivity index (χ1) is 14.0. The van der Waals surface area contributed by atoms with Crippen molar-refractivity contribution in [2.75, 3.05) is 44.6 Å². The first-order valence-corrected chi connectivity index (χ1v) is 9.87. The van der Waals surface area contributed by atoms with Gasteiger partial charge in [0.1, 0.15) is 5.82 Å². The van der Waals surface area contributed by atoms with Gasteiger partial charge in [-0.05, 0) is 29.8 Å². The quantitative estimate of drug-likeness (QED) is 0.724. The molecule has 2 aromatic rings. The summed E-state index contributed by atoms with van der Waals surface area (Å²) in [6, 6.07) is 13.3. The third-order valence-electron chi connectivity index (χ3n) is 4.74. The highest BCUT2D eigenvalue weighted by Crippen LogP contribution is 2.14. The van der Waals surface area contributed by atoms with Gasteiger partial charge in [0.25, 0.3) is 0 Å². The molecule has 1 aliphatic rings. The van der Waals surface area contributed by atoms with E-state index in [2.05, 4.69) is 15.5 Å². The number of hydrogen-bond donors (Lipinski definition) is 2. The van der Waals surface area contributed by atoms with Crippen LogP contribution in [0.3, 0.4) is 0 Å². The van der Waals surface area contributed by atoms with Crippen molar-refractivity contribution < 1.29 is 14.0 Å². The fourth-order valence-corrected chi connectivity index (χ4v) is 3.37. The molecule has 2 N–H and O–H groups in total. The minimum Gasteiger partial charge on any atom is -0.351 e. The molecule has 1 aliphatic heterocycles. The van der Waals surface area contributed by atoms with Crippen LogP contribution in [0.1, 0.15) is 5.56 Å². The Labute approximate surface area is 174 Å². The lowest BCUT2D eigenvalue weighted by atomic mass is 10.2. The van der Waals surface area contributed by atoms with Crippen molar-refractivity contribution in [3.8, 4) is 0 Å². The van der Waals surface area contributed by atoms with Crippen LogP contribution in [0.2, 0.25) is 5.02 Å². The van der Waals surface area contributed by atoms with E-state index < -0.39 is 0 Å². The lowest BCUT2D eigenvalue weighted by Gasteiger charge is -2.33. The standard InChI is InChI=1S/C21H24ClFN4O2/c22-19-7-2-1-4-16(19)13-24-20(28)14-26-8-10-27(11-9-26)15-21(29)25-18-6-3-5-17(23)12-18/h1-7,12H,8-11,13-15H2,(H,24,28)(H,25,29). The van der Waals surface area contributed by atoms with Gasteiger partial charge < -0.3 is 10.6 Å². The maximum absolute atomic E-state index is 13.2. The molecule has 2 aromatic carbocycles. The first-order valence-electron chi connectivity index (χ1n) is 9.50. The lowest BCUT2D eigenvalue weighted by Crippen LogP contribution is -2.50. The molecule has 0 spiro atoms. The smallest absolute Gasteiger partial charge is 0.238 e. The zero-order valence-corrected chi connectivity index (χ0v) is 16.8. The molecule has 0 unspecified atom stereocenters. The van der Waals surface area contributed by atoms with Gasteiger partial charge in [-0.1, -0.05) is 35.9 Å². The second-order valence-corrected chi connectivity index (χ2v) is 7.39. The zero-order valence-electron chi connectivity index (χ0n) is 16.0. The largest absolute Gasteiger partial charge is 0.351 e. The number of benzene rings is 2. The van der Waals surface area contributed by atoms with Gasteiger partial charge in [-0.15, -0.1) is 0 Å². The molecule has 0 aliphatic carbocycles. The normalized spacial score (nSPS) is 15.1. The number of halogens is 2. The summed E-state index contributed by atoms with van der Waals surface area (Å²) in [6.07, 6.45) is 0. The van der Waals surface area contributed by atoms with Crippen molar-refractivity contribution in [3.63, 3.8) is 0 Å². The van der Waals surface area contributed by atoms with E-state index in [-0.39, 0.29) is 24.2 Å². The van der Waals surface area contributed by atoms with Crippen LogP contribution in [-0.2, 0) is 16.1 Å². The summed E-state index contributed by atoms with van der Waals surface area (Å²) >= 11 is 6.10. The van der Waals surface area contributed by atoms with E-state index in [9.17, 15) is 14.0 Å². The first kappa shape index (κ1) is 21.2. The second-order valence-electron chi connectivity index (χ2n) is 6.98. The Hall–Kier alpha value is -2.48. The van der Waals surface area contributed by atoms with E-state index in [4.69, 9.17) is 11.6 Å². The van der Waals surface area contributed by atoms with Gasteiger partial charge in [-0.25, -0.2) is 4.39 Å². The zero-order chi connectivity index (χ0) is 20.6. The van der Waals surface area contributed by atoms with Crippen LogP contribution in [-0.4, -0.2) is 60.9 Å². The summed E-state index contributed by atoms with van der Waals surface area (Å²) in [6.45, 7) is 3.73. The molecule has 1 fully saturated rings. The maximum Gasteiger partial charge on any atom is 0.238 e. The fourth-order valence-electron chi connectivity index (χ4n) is 3.17. The number of anilines is 1. The number of nitrogens with zero attached hydrogens (tertiary/aromatic N) is 2. The monoisotopic (exact) mass is 418 g/mol. The Kier molecular flexibility index (Phi) is 7.57. The van der Waals surface area contributed by atoms with Crippen LogP contribution < -0.4 is 10.6 Å². The van der Waals surface area contributed by atoms with Gasteiger partial charge in [0.2, 0.25) is 11.8 Å². The Morgan fingerprint density at radius 3 is 2.24 bits per heavy atom. The number of nitrogens with one attached hydrogen (secondary N) is 2.